The van der Waals surface area contributed by atoms with Gasteiger partial charge in [-0.2, -0.15) is 0 Å². The van der Waals surface area contributed by atoms with Gasteiger partial charge in [0.25, 0.3) is 0 Å². The van der Waals surface area contributed by atoms with Gasteiger partial charge >= 0.3 is 5.97 Å². The Labute approximate surface area is 78.7 Å². The minimum atomic E-state index is -0.821. The number of hydrogen-bond donors (Lipinski definition) is 2. The summed E-state index contributed by atoms with van der Waals surface area (Å²) in [7, 11) is 1.83. The fourth-order valence-corrected chi connectivity index (χ4v) is 1.62. The molecule has 1 fully saturated rings. The molecule has 1 rings (SSSR count). The quantitative estimate of drug-likeness (QED) is 0.633. The van der Waals surface area contributed by atoms with E-state index >= 15 is 0 Å². The molecule has 4 nitrogen and oxygen atoms in total. The van der Waals surface area contributed by atoms with Crippen LogP contribution in [0.15, 0.2) is 0 Å². The molecule has 4 heteroatoms. The van der Waals surface area contributed by atoms with Crippen molar-refractivity contribution >= 4 is 5.97 Å². The van der Waals surface area contributed by atoms with E-state index in [4.69, 9.17) is 10.8 Å². The molecule has 13 heavy (non-hydrogen) atoms. The van der Waals surface area contributed by atoms with E-state index in [1.807, 2.05) is 11.9 Å². The van der Waals surface area contributed by atoms with E-state index in [0.29, 0.717) is 5.92 Å². The standard InChI is InChI=1S/C9H18N2O2/c1-6-3-7(6)5-11(2)8(4-10)9(12)13/h6-8H,3-5,10H2,1-2H3,(H,12,13). The largest absolute Gasteiger partial charge is 0.480 e. The lowest BCUT2D eigenvalue weighted by atomic mass is 10.2. The molecule has 0 saturated heterocycles. The number of carboxylic acid groups (broad SMARTS) is 1. The Hall–Kier alpha value is -0.610. The number of rotatable bonds is 5. The molecule has 3 unspecified atom stereocenters. The van der Waals surface area contributed by atoms with Gasteiger partial charge < -0.3 is 10.8 Å². The van der Waals surface area contributed by atoms with Crippen LogP contribution in [0.2, 0.25) is 0 Å². The molecule has 0 spiro atoms. The van der Waals surface area contributed by atoms with Gasteiger partial charge in [0.2, 0.25) is 0 Å². The molecule has 76 valence electrons. The van der Waals surface area contributed by atoms with Gasteiger partial charge in [-0.3, -0.25) is 9.69 Å². The topological polar surface area (TPSA) is 66.6 Å². The van der Waals surface area contributed by atoms with E-state index < -0.39 is 12.0 Å². The van der Waals surface area contributed by atoms with Crippen molar-refractivity contribution in [1.82, 2.24) is 4.90 Å². The third kappa shape index (κ3) is 2.67. The first-order valence-corrected chi connectivity index (χ1v) is 4.69. The van der Waals surface area contributed by atoms with Crippen molar-refractivity contribution < 1.29 is 9.90 Å². The van der Waals surface area contributed by atoms with E-state index in [1.165, 1.54) is 6.42 Å². The van der Waals surface area contributed by atoms with E-state index in [1.54, 1.807) is 0 Å². The van der Waals surface area contributed by atoms with E-state index in [2.05, 4.69) is 6.92 Å². The smallest absolute Gasteiger partial charge is 0.322 e. The molecule has 3 atom stereocenters. The van der Waals surface area contributed by atoms with Crippen LogP contribution in [0.4, 0.5) is 0 Å². The maximum Gasteiger partial charge on any atom is 0.322 e. The zero-order valence-electron chi connectivity index (χ0n) is 8.23. The van der Waals surface area contributed by atoms with Crippen molar-refractivity contribution in [2.75, 3.05) is 20.1 Å². The summed E-state index contributed by atoms with van der Waals surface area (Å²) >= 11 is 0. The molecule has 0 radical (unpaired) electrons. The molecular formula is C9H18N2O2. The molecule has 1 aliphatic carbocycles. The van der Waals surface area contributed by atoms with Gasteiger partial charge in [-0.25, -0.2) is 0 Å². The van der Waals surface area contributed by atoms with Crippen LogP contribution in [-0.4, -0.2) is 42.2 Å². The molecule has 0 aliphatic heterocycles. The lowest BCUT2D eigenvalue weighted by Gasteiger charge is -2.23. The molecule has 1 saturated carbocycles. The first-order valence-electron chi connectivity index (χ1n) is 4.69. The van der Waals surface area contributed by atoms with Crippen LogP contribution >= 0.6 is 0 Å². The van der Waals surface area contributed by atoms with Crippen molar-refractivity contribution in [2.24, 2.45) is 17.6 Å². The number of nitrogens with zero attached hydrogens (tertiary/aromatic N) is 1. The second-order valence-corrected chi connectivity index (χ2v) is 4.00. The first kappa shape index (κ1) is 10.5. The van der Waals surface area contributed by atoms with E-state index in [0.717, 1.165) is 12.5 Å². The van der Waals surface area contributed by atoms with Crippen molar-refractivity contribution in [1.29, 1.82) is 0 Å². The second-order valence-electron chi connectivity index (χ2n) is 4.00. The molecule has 0 aromatic rings. The van der Waals surface area contributed by atoms with Crippen LogP contribution in [0.5, 0.6) is 0 Å². The lowest BCUT2D eigenvalue weighted by Crippen LogP contribution is -2.44. The van der Waals surface area contributed by atoms with Crippen LogP contribution < -0.4 is 5.73 Å². The third-order valence-electron chi connectivity index (χ3n) is 2.84. The molecule has 0 heterocycles. The number of carbonyl (C=O) groups is 1. The number of likely N-dealkylation sites (N-methyl/N-ethyl adjacent to an activating group) is 1. The SMILES string of the molecule is CC1CC1CN(C)C(CN)C(=O)O. The molecule has 0 amide bonds. The summed E-state index contributed by atoms with van der Waals surface area (Å²) in [6, 6.07) is -0.521. The lowest BCUT2D eigenvalue weighted by molar-refractivity contribution is -0.142. The van der Waals surface area contributed by atoms with Crippen molar-refractivity contribution in [3.05, 3.63) is 0 Å². The van der Waals surface area contributed by atoms with Gasteiger partial charge in [0.15, 0.2) is 0 Å². The molecule has 0 aromatic carbocycles. The second kappa shape index (κ2) is 4.07. The summed E-state index contributed by atoms with van der Waals surface area (Å²) in [6.07, 6.45) is 1.22. The Kier molecular flexibility index (Phi) is 3.27. The molecule has 3 N–H and O–H groups in total. The predicted octanol–water partition coefficient (Wildman–Crippen LogP) is -0.0139. The van der Waals surface area contributed by atoms with Gasteiger partial charge in [0, 0.05) is 13.1 Å². The highest BCUT2D eigenvalue weighted by Gasteiger charge is 2.35. The predicted molar refractivity (Wildman–Crippen MR) is 50.4 cm³/mol. The Morgan fingerprint density at radius 3 is 2.62 bits per heavy atom. The van der Waals surface area contributed by atoms with Crippen LogP contribution in [-0.2, 0) is 4.79 Å². The number of aliphatic carboxylic acids is 1. The van der Waals surface area contributed by atoms with Crippen LogP contribution in [0, 0.1) is 11.8 Å². The summed E-state index contributed by atoms with van der Waals surface area (Å²) in [5.41, 5.74) is 5.38. The van der Waals surface area contributed by atoms with Crippen molar-refractivity contribution in [3.8, 4) is 0 Å². The fourth-order valence-electron chi connectivity index (χ4n) is 1.62. The molecule has 0 bridgehead atoms. The van der Waals surface area contributed by atoms with Gasteiger partial charge in [-0.1, -0.05) is 6.92 Å². The summed E-state index contributed by atoms with van der Waals surface area (Å²) in [5, 5.41) is 8.82. The fraction of sp³-hybridized carbons (Fsp3) is 0.889. The van der Waals surface area contributed by atoms with Crippen LogP contribution in [0.3, 0.4) is 0 Å². The Bertz CT molecular complexity index is 196. The maximum atomic E-state index is 10.7. The summed E-state index contributed by atoms with van der Waals surface area (Å²) in [5.74, 6) is 0.617. The maximum absolute atomic E-state index is 10.7. The average Bonchev–Trinajstić information content (AvgIpc) is 2.66. The minimum Gasteiger partial charge on any atom is -0.480 e. The number of carboxylic acids is 1. The number of nitrogens with two attached hydrogens (primary N) is 1. The van der Waals surface area contributed by atoms with Crippen molar-refractivity contribution in [3.63, 3.8) is 0 Å². The highest BCUT2D eigenvalue weighted by molar-refractivity contribution is 5.73. The normalized spacial score (nSPS) is 28.9. The summed E-state index contributed by atoms with van der Waals surface area (Å²) in [4.78, 5) is 12.6. The minimum absolute atomic E-state index is 0.187. The average molecular weight is 186 g/mol. The first-order chi connectivity index (χ1) is 6.06. The van der Waals surface area contributed by atoms with Gasteiger partial charge in [0.05, 0.1) is 0 Å². The van der Waals surface area contributed by atoms with Gasteiger partial charge in [-0.05, 0) is 25.3 Å². The summed E-state index contributed by atoms with van der Waals surface area (Å²) < 4.78 is 0. The molecule has 1 aliphatic rings. The van der Waals surface area contributed by atoms with Crippen LogP contribution in [0.25, 0.3) is 0 Å². The zero-order valence-corrected chi connectivity index (χ0v) is 8.23. The number of hydrogen-bond acceptors (Lipinski definition) is 3. The van der Waals surface area contributed by atoms with Gasteiger partial charge in [-0.15, -0.1) is 0 Å². The highest BCUT2D eigenvalue weighted by atomic mass is 16.4. The molecule has 0 aromatic heterocycles. The van der Waals surface area contributed by atoms with E-state index in [9.17, 15) is 4.79 Å². The Morgan fingerprint density at radius 2 is 2.31 bits per heavy atom. The van der Waals surface area contributed by atoms with Crippen LogP contribution in [0.1, 0.15) is 13.3 Å². The summed E-state index contributed by atoms with van der Waals surface area (Å²) in [6.45, 7) is 3.24. The Balaban J connectivity index is 2.35. The highest BCUT2D eigenvalue weighted by Crippen LogP contribution is 2.38. The molecular weight excluding hydrogens is 168 g/mol. The Morgan fingerprint density at radius 1 is 1.77 bits per heavy atom. The van der Waals surface area contributed by atoms with Crippen molar-refractivity contribution in [2.45, 2.75) is 19.4 Å². The third-order valence-corrected chi connectivity index (χ3v) is 2.84. The van der Waals surface area contributed by atoms with E-state index in [-0.39, 0.29) is 6.54 Å². The zero-order chi connectivity index (χ0) is 10.0. The monoisotopic (exact) mass is 186 g/mol. The van der Waals surface area contributed by atoms with Gasteiger partial charge in [0.1, 0.15) is 6.04 Å².